The van der Waals surface area contributed by atoms with Gasteiger partial charge in [-0.25, -0.2) is 9.69 Å². The van der Waals surface area contributed by atoms with Gasteiger partial charge < -0.3 is 4.74 Å². The molecule has 0 saturated heterocycles. The number of carbonyl (C=O) groups excluding carboxylic acids is 3. The lowest BCUT2D eigenvalue weighted by atomic mass is 9.91. The van der Waals surface area contributed by atoms with Crippen LogP contribution in [0.5, 0.6) is 0 Å². The van der Waals surface area contributed by atoms with E-state index >= 15 is 0 Å². The van der Waals surface area contributed by atoms with Gasteiger partial charge in [-0.1, -0.05) is 48.5 Å². The van der Waals surface area contributed by atoms with Gasteiger partial charge in [-0.3, -0.25) is 9.59 Å². The van der Waals surface area contributed by atoms with Gasteiger partial charge >= 0.3 is 5.97 Å². The highest BCUT2D eigenvalue weighted by molar-refractivity contribution is 6.43. The molecular weight excluding hydrogens is 378 g/mol. The number of carbonyl (C=O) groups is 3. The Balaban J connectivity index is 1.84. The predicted octanol–water partition coefficient (Wildman–Crippen LogP) is 4.51. The summed E-state index contributed by atoms with van der Waals surface area (Å²) in [5, 5.41) is 0. The van der Waals surface area contributed by atoms with E-state index < -0.39 is 5.97 Å². The van der Waals surface area contributed by atoms with Crippen LogP contribution in [0.15, 0.2) is 72.8 Å². The first-order valence-electron chi connectivity index (χ1n) is 9.45. The first kappa shape index (κ1) is 19.3. The average molecular weight is 397 g/mol. The van der Waals surface area contributed by atoms with Crippen molar-refractivity contribution in [2.24, 2.45) is 0 Å². The van der Waals surface area contributed by atoms with Crippen LogP contribution in [0, 0.1) is 6.92 Å². The number of ether oxygens (including phenoxy) is 1. The Hall–Kier alpha value is -3.99. The summed E-state index contributed by atoms with van der Waals surface area (Å²) in [6, 6.07) is 21.1. The van der Waals surface area contributed by atoms with Crippen LogP contribution < -0.4 is 4.90 Å². The van der Waals surface area contributed by atoms with E-state index in [-0.39, 0.29) is 11.8 Å². The van der Waals surface area contributed by atoms with E-state index in [0.29, 0.717) is 28.0 Å². The van der Waals surface area contributed by atoms with E-state index in [0.717, 1.165) is 11.1 Å². The lowest BCUT2D eigenvalue weighted by Crippen LogP contribution is -2.42. The number of rotatable bonds is 3. The zero-order valence-corrected chi connectivity index (χ0v) is 16.6. The minimum Gasteiger partial charge on any atom is -0.465 e. The summed E-state index contributed by atoms with van der Waals surface area (Å²) in [5.74, 6) is -1.15. The van der Waals surface area contributed by atoms with E-state index in [2.05, 4.69) is 0 Å². The number of hydrogen-bond donors (Lipinski definition) is 0. The minimum atomic E-state index is -0.426. The van der Waals surface area contributed by atoms with Crippen LogP contribution in [0.4, 0.5) is 5.69 Å². The number of nitrogens with zero attached hydrogens (tertiary/aromatic N) is 1. The van der Waals surface area contributed by atoms with Crippen molar-refractivity contribution < 1.29 is 19.1 Å². The molecule has 5 nitrogen and oxygen atoms in total. The topological polar surface area (TPSA) is 63.7 Å². The molecule has 0 aliphatic carbocycles. The van der Waals surface area contributed by atoms with Crippen molar-refractivity contribution in [3.63, 3.8) is 0 Å². The Morgan fingerprint density at radius 2 is 1.47 bits per heavy atom. The third-order valence-electron chi connectivity index (χ3n) is 5.08. The van der Waals surface area contributed by atoms with E-state index in [9.17, 15) is 14.4 Å². The van der Waals surface area contributed by atoms with Crippen molar-refractivity contribution in [1.82, 2.24) is 0 Å². The molecule has 0 fully saturated rings. The Bertz CT molecular complexity index is 1190. The first-order valence-corrected chi connectivity index (χ1v) is 9.45. The van der Waals surface area contributed by atoms with Crippen LogP contribution >= 0.6 is 0 Å². The summed E-state index contributed by atoms with van der Waals surface area (Å²) in [6.07, 6.45) is 1.74. The highest BCUT2D eigenvalue weighted by Gasteiger charge is 2.36. The van der Waals surface area contributed by atoms with Gasteiger partial charge in [0.25, 0.3) is 11.8 Å². The molecule has 0 radical (unpaired) electrons. The van der Waals surface area contributed by atoms with Crippen LogP contribution in [0.3, 0.4) is 0 Å². The molecule has 3 aromatic carbocycles. The summed E-state index contributed by atoms with van der Waals surface area (Å²) in [5.41, 5.74) is 4.03. The molecule has 0 aromatic heterocycles. The Morgan fingerprint density at radius 1 is 0.833 bits per heavy atom. The van der Waals surface area contributed by atoms with Gasteiger partial charge in [0.15, 0.2) is 0 Å². The smallest absolute Gasteiger partial charge is 0.337 e. The van der Waals surface area contributed by atoms with E-state index in [1.54, 1.807) is 66.7 Å². The van der Waals surface area contributed by atoms with Crippen molar-refractivity contribution in [2.75, 3.05) is 12.0 Å². The van der Waals surface area contributed by atoms with Crippen LogP contribution in [0.1, 0.15) is 37.4 Å². The van der Waals surface area contributed by atoms with Crippen LogP contribution in [-0.4, -0.2) is 24.9 Å². The molecular formula is C25H19NO4. The zero-order valence-electron chi connectivity index (χ0n) is 16.6. The molecule has 1 aliphatic heterocycles. The number of benzene rings is 3. The Kier molecular flexibility index (Phi) is 5.02. The molecule has 2 amide bonds. The quantitative estimate of drug-likeness (QED) is 0.371. The third-order valence-corrected chi connectivity index (χ3v) is 5.08. The fourth-order valence-electron chi connectivity index (χ4n) is 3.53. The molecule has 1 heterocycles. The number of methoxy groups -OCH3 is 1. The van der Waals surface area contributed by atoms with Crippen molar-refractivity contribution in [3.8, 4) is 0 Å². The van der Waals surface area contributed by atoms with E-state index in [1.165, 1.54) is 12.0 Å². The number of amides is 2. The van der Waals surface area contributed by atoms with Crippen LogP contribution in [0.2, 0.25) is 0 Å². The molecule has 1 aliphatic rings. The summed E-state index contributed by atoms with van der Waals surface area (Å²) >= 11 is 0. The highest BCUT2D eigenvalue weighted by Crippen LogP contribution is 2.34. The number of aryl methyl sites for hydroxylation is 1. The number of para-hydroxylation sites is 1. The number of anilines is 1. The standard InChI is InChI=1S/C25H19NO4/c1-16-7-3-6-10-22(16)26-23(27)20-9-5-4-8-19(20)21(24(26)28)15-17-11-13-18(14-12-17)25(29)30-2/h3-15H,1-2H3/b21-15-. The molecule has 0 saturated carbocycles. The number of imide groups is 1. The predicted molar refractivity (Wildman–Crippen MR) is 115 cm³/mol. The monoisotopic (exact) mass is 397 g/mol. The van der Waals surface area contributed by atoms with Gasteiger partial charge in [0.05, 0.1) is 18.4 Å². The largest absolute Gasteiger partial charge is 0.465 e. The van der Waals surface area contributed by atoms with Gasteiger partial charge in [-0.2, -0.15) is 0 Å². The normalized spacial score (nSPS) is 14.6. The first-order chi connectivity index (χ1) is 14.5. The lowest BCUT2D eigenvalue weighted by Gasteiger charge is -2.29. The van der Waals surface area contributed by atoms with Gasteiger partial charge in [0, 0.05) is 11.1 Å². The van der Waals surface area contributed by atoms with Crippen molar-refractivity contribution in [3.05, 3.63) is 101 Å². The number of hydrogen-bond acceptors (Lipinski definition) is 4. The van der Waals surface area contributed by atoms with E-state index in [4.69, 9.17) is 4.74 Å². The number of fused-ring (bicyclic) bond motifs is 1. The fraction of sp³-hybridized carbons (Fsp3) is 0.0800. The zero-order chi connectivity index (χ0) is 21.3. The van der Waals surface area contributed by atoms with Gasteiger partial charge in [-0.15, -0.1) is 0 Å². The number of esters is 1. The molecule has 3 aromatic rings. The molecule has 5 heteroatoms. The summed E-state index contributed by atoms with van der Waals surface area (Å²) in [6.45, 7) is 1.87. The fourth-order valence-corrected chi connectivity index (χ4v) is 3.53. The Morgan fingerprint density at radius 3 is 2.13 bits per heavy atom. The van der Waals surface area contributed by atoms with Crippen LogP contribution in [-0.2, 0) is 9.53 Å². The molecule has 148 valence electrons. The second-order valence-electron chi connectivity index (χ2n) is 6.95. The SMILES string of the molecule is COC(=O)c1ccc(/C=C2\C(=O)N(c3ccccc3C)C(=O)c3ccccc32)cc1. The van der Waals surface area contributed by atoms with Gasteiger partial charge in [0.2, 0.25) is 0 Å². The summed E-state index contributed by atoms with van der Waals surface area (Å²) < 4.78 is 4.72. The Labute approximate surface area is 174 Å². The van der Waals surface area contributed by atoms with Gasteiger partial charge in [-0.05, 0) is 54.0 Å². The summed E-state index contributed by atoms with van der Waals surface area (Å²) in [7, 11) is 1.33. The van der Waals surface area contributed by atoms with Crippen molar-refractivity contribution in [1.29, 1.82) is 0 Å². The second kappa shape index (κ2) is 7.79. The van der Waals surface area contributed by atoms with Gasteiger partial charge in [0.1, 0.15) is 0 Å². The van der Waals surface area contributed by atoms with E-state index in [1.807, 2.05) is 19.1 Å². The molecule has 4 rings (SSSR count). The molecule has 0 spiro atoms. The van der Waals surface area contributed by atoms with Crippen molar-refractivity contribution >= 4 is 35.1 Å². The lowest BCUT2D eigenvalue weighted by molar-refractivity contribution is -0.112. The second-order valence-corrected chi connectivity index (χ2v) is 6.95. The summed E-state index contributed by atoms with van der Waals surface area (Å²) in [4.78, 5) is 39.5. The highest BCUT2D eigenvalue weighted by atomic mass is 16.5. The van der Waals surface area contributed by atoms with Crippen molar-refractivity contribution in [2.45, 2.75) is 6.92 Å². The third kappa shape index (κ3) is 3.31. The van der Waals surface area contributed by atoms with Crippen LogP contribution in [0.25, 0.3) is 11.6 Å². The average Bonchev–Trinajstić information content (AvgIpc) is 2.78. The maximum absolute atomic E-state index is 13.4. The maximum Gasteiger partial charge on any atom is 0.337 e. The molecule has 0 atom stereocenters. The maximum atomic E-state index is 13.4. The molecule has 0 unspecified atom stereocenters. The molecule has 0 N–H and O–H groups in total. The minimum absolute atomic E-state index is 0.344. The molecule has 30 heavy (non-hydrogen) atoms. The molecule has 0 bridgehead atoms.